The van der Waals surface area contributed by atoms with Crippen molar-refractivity contribution in [3.8, 4) is 16.9 Å². The Kier molecular flexibility index (Phi) is 5.91. The first-order chi connectivity index (χ1) is 19.6. The predicted molar refractivity (Wildman–Crippen MR) is 160 cm³/mol. The van der Waals surface area contributed by atoms with Crippen LogP contribution < -0.4 is 15.8 Å². The van der Waals surface area contributed by atoms with Crippen LogP contribution >= 0.6 is 0 Å². The first-order valence-corrected chi connectivity index (χ1v) is 13.2. The number of anilines is 1. The van der Waals surface area contributed by atoms with Crippen molar-refractivity contribution < 1.29 is 9.53 Å². The highest BCUT2D eigenvalue weighted by atomic mass is 16.5. The monoisotopic (exact) mass is 525 g/mol. The van der Waals surface area contributed by atoms with Crippen LogP contribution in [0.5, 0.6) is 5.75 Å². The van der Waals surface area contributed by atoms with Crippen LogP contribution in [0.15, 0.2) is 97.6 Å². The van der Waals surface area contributed by atoms with Crippen LogP contribution in [0.2, 0.25) is 0 Å². The van der Waals surface area contributed by atoms with E-state index in [-0.39, 0.29) is 11.9 Å². The number of nitrogens with two attached hydrogens (primary N) is 1. The maximum Gasteiger partial charge on any atom is 0.256 e. The van der Waals surface area contributed by atoms with Gasteiger partial charge in [0.2, 0.25) is 0 Å². The Morgan fingerprint density at radius 1 is 0.875 bits per heavy atom. The van der Waals surface area contributed by atoms with E-state index in [0.717, 1.165) is 44.4 Å². The molecule has 4 heterocycles. The lowest BCUT2D eigenvalue weighted by Gasteiger charge is -2.13. The van der Waals surface area contributed by atoms with Gasteiger partial charge in [0.05, 0.1) is 6.20 Å². The Morgan fingerprint density at radius 3 is 2.52 bits per heavy atom. The Hall–Kier alpha value is -5.14. The fraction of sp³-hybridized carbons (Fsp3) is 0.0909. The number of hydrogen-bond donors (Lipinski definition) is 4. The van der Waals surface area contributed by atoms with Gasteiger partial charge in [0.25, 0.3) is 5.91 Å². The molecule has 40 heavy (non-hydrogen) atoms. The van der Waals surface area contributed by atoms with Crippen LogP contribution in [0.1, 0.15) is 16.7 Å². The zero-order chi connectivity index (χ0) is 27.1. The van der Waals surface area contributed by atoms with Gasteiger partial charge in [-0.1, -0.05) is 42.5 Å². The second-order valence-corrected chi connectivity index (χ2v) is 10.1. The van der Waals surface area contributed by atoms with Crippen molar-refractivity contribution in [2.45, 2.75) is 12.5 Å². The number of ether oxygens (including phenoxy) is 1. The molecule has 1 amide bonds. The molecule has 0 saturated heterocycles. The number of carbonyl (C=O) groups excluding carboxylic acids is 1. The van der Waals surface area contributed by atoms with Crippen molar-refractivity contribution in [2.75, 3.05) is 11.9 Å². The Balaban J connectivity index is 1.10. The third-order valence-electron chi connectivity index (χ3n) is 7.39. The molecule has 1 aliphatic heterocycles. The van der Waals surface area contributed by atoms with Crippen LogP contribution in [-0.4, -0.2) is 33.5 Å². The minimum atomic E-state index is -0.169. The molecule has 7 nitrogen and oxygen atoms in total. The van der Waals surface area contributed by atoms with E-state index in [9.17, 15) is 4.79 Å². The quantitative estimate of drug-likeness (QED) is 0.187. The zero-order valence-electron chi connectivity index (χ0n) is 21.6. The molecule has 3 aromatic heterocycles. The van der Waals surface area contributed by atoms with Crippen LogP contribution in [0.25, 0.3) is 44.6 Å². The van der Waals surface area contributed by atoms with Gasteiger partial charge in [0.15, 0.2) is 0 Å². The number of aromatic amines is 2. The smallest absolute Gasteiger partial charge is 0.256 e. The highest BCUT2D eigenvalue weighted by Crippen LogP contribution is 2.37. The molecule has 6 aromatic rings. The number of rotatable bonds is 7. The van der Waals surface area contributed by atoms with Gasteiger partial charge in [-0.2, -0.15) is 0 Å². The van der Waals surface area contributed by atoms with Gasteiger partial charge < -0.3 is 25.8 Å². The number of aromatic nitrogens is 3. The summed E-state index contributed by atoms with van der Waals surface area (Å²) in [5.74, 6) is 0.535. The van der Waals surface area contributed by atoms with E-state index >= 15 is 0 Å². The number of para-hydroxylation sites is 2. The Bertz CT molecular complexity index is 1920. The van der Waals surface area contributed by atoms with E-state index in [1.165, 1.54) is 10.9 Å². The lowest BCUT2D eigenvalue weighted by Crippen LogP contribution is -2.30. The highest BCUT2D eigenvalue weighted by molar-refractivity contribution is 6.35. The first-order valence-electron chi connectivity index (χ1n) is 13.2. The molecule has 0 spiro atoms. The normalized spacial score (nSPS) is 14.5. The van der Waals surface area contributed by atoms with Gasteiger partial charge in [-0.3, -0.25) is 9.78 Å². The van der Waals surface area contributed by atoms with Crippen LogP contribution in [0, 0.1) is 0 Å². The van der Waals surface area contributed by atoms with Crippen LogP contribution in [-0.2, 0) is 11.2 Å². The fourth-order valence-corrected chi connectivity index (χ4v) is 5.38. The zero-order valence-corrected chi connectivity index (χ0v) is 21.6. The molecular formula is C33H27N5O2. The molecule has 3 aromatic carbocycles. The SMILES string of the molecule is N[C@H](COc1cncc(-c2ccc3c(c2)/C(=C/c2c[nH]c4ccccc24)C(=O)N3)c1)Cc1c[nH]c2ccccc12. The van der Waals surface area contributed by atoms with E-state index in [1.54, 1.807) is 12.4 Å². The molecule has 0 fully saturated rings. The second kappa shape index (κ2) is 9.87. The lowest BCUT2D eigenvalue weighted by atomic mass is 9.99. The molecule has 1 atom stereocenters. The summed E-state index contributed by atoms with van der Waals surface area (Å²) in [6.07, 6.45) is 10.1. The summed E-state index contributed by atoms with van der Waals surface area (Å²) >= 11 is 0. The van der Waals surface area contributed by atoms with Crippen LogP contribution in [0.4, 0.5) is 5.69 Å². The summed E-state index contributed by atoms with van der Waals surface area (Å²) < 4.78 is 6.05. The average molecular weight is 526 g/mol. The minimum Gasteiger partial charge on any atom is -0.490 e. The topological polar surface area (TPSA) is 109 Å². The number of pyridine rings is 1. The summed E-state index contributed by atoms with van der Waals surface area (Å²) in [6, 6.07) is 24.0. The number of nitrogens with zero attached hydrogens (tertiary/aromatic N) is 1. The number of nitrogens with one attached hydrogen (secondary N) is 3. The molecule has 0 radical (unpaired) electrons. The Labute approximate surface area is 230 Å². The summed E-state index contributed by atoms with van der Waals surface area (Å²) in [5, 5.41) is 5.24. The molecule has 0 bridgehead atoms. The van der Waals surface area contributed by atoms with Gasteiger partial charge in [-0.25, -0.2) is 0 Å². The van der Waals surface area contributed by atoms with E-state index in [1.807, 2.05) is 79.1 Å². The van der Waals surface area contributed by atoms with Crippen molar-refractivity contribution in [1.82, 2.24) is 15.0 Å². The van der Waals surface area contributed by atoms with E-state index in [2.05, 4.69) is 32.4 Å². The second-order valence-electron chi connectivity index (χ2n) is 10.1. The highest BCUT2D eigenvalue weighted by Gasteiger charge is 2.25. The summed E-state index contributed by atoms with van der Waals surface area (Å²) in [6.45, 7) is 0.366. The number of carbonyl (C=O) groups is 1. The van der Waals surface area contributed by atoms with Crippen molar-refractivity contribution in [3.63, 3.8) is 0 Å². The van der Waals surface area contributed by atoms with Gasteiger partial charge in [-0.15, -0.1) is 0 Å². The summed E-state index contributed by atoms with van der Waals surface area (Å²) in [5.41, 5.74) is 14.8. The minimum absolute atomic E-state index is 0.114. The third-order valence-corrected chi connectivity index (χ3v) is 7.39. The van der Waals surface area contributed by atoms with E-state index < -0.39 is 0 Å². The lowest BCUT2D eigenvalue weighted by molar-refractivity contribution is -0.110. The molecule has 5 N–H and O–H groups in total. The summed E-state index contributed by atoms with van der Waals surface area (Å²) in [7, 11) is 0. The molecule has 0 unspecified atom stereocenters. The first kappa shape index (κ1) is 23.9. The Morgan fingerprint density at radius 2 is 1.65 bits per heavy atom. The van der Waals surface area contributed by atoms with Crippen molar-refractivity contribution in [3.05, 3.63) is 114 Å². The standard InChI is InChI=1S/C33H27N5O2/c34-24(11-22-16-36-30-7-3-1-5-26(22)30)19-40-25-12-21(15-35-18-25)20-9-10-32-28(13-20)29(33(39)38-32)14-23-17-37-31-8-4-2-6-27(23)31/h1-10,12-18,24,36-37H,11,19,34H2,(H,38,39)/b29-14-/t24-/m0/s1. The van der Waals surface area contributed by atoms with Crippen LogP contribution in [0.3, 0.4) is 0 Å². The maximum atomic E-state index is 12.9. The average Bonchev–Trinajstić information content (AvgIpc) is 3.68. The fourth-order valence-electron chi connectivity index (χ4n) is 5.38. The molecule has 0 aliphatic carbocycles. The number of hydrogen-bond acceptors (Lipinski definition) is 4. The molecule has 0 saturated carbocycles. The molecule has 196 valence electrons. The van der Waals surface area contributed by atoms with Gasteiger partial charge >= 0.3 is 0 Å². The van der Waals surface area contributed by atoms with Gasteiger partial charge in [-0.05, 0) is 54.0 Å². The number of H-pyrrole nitrogens is 2. The summed E-state index contributed by atoms with van der Waals surface area (Å²) in [4.78, 5) is 23.9. The third kappa shape index (κ3) is 4.42. The maximum absolute atomic E-state index is 12.9. The predicted octanol–water partition coefficient (Wildman–Crippen LogP) is 6.15. The molecular weight excluding hydrogens is 498 g/mol. The van der Waals surface area contributed by atoms with Gasteiger partial charge in [0.1, 0.15) is 12.4 Å². The number of benzene rings is 3. The van der Waals surface area contributed by atoms with Gasteiger partial charge in [0, 0.05) is 74.4 Å². The van der Waals surface area contributed by atoms with Crippen molar-refractivity contribution >= 4 is 45.0 Å². The van der Waals surface area contributed by atoms with E-state index in [0.29, 0.717) is 24.4 Å². The van der Waals surface area contributed by atoms with Crippen molar-refractivity contribution in [2.24, 2.45) is 5.73 Å². The number of fused-ring (bicyclic) bond motifs is 3. The van der Waals surface area contributed by atoms with Crippen molar-refractivity contribution in [1.29, 1.82) is 0 Å². The molecule has 1 aliphatic rings. The number of amides is 1. The van der Waals surface area contributed by atoms with E-state index in [4.69, 9.17) is 10.5 Å². The largest absolute Gasteiger partial charge is 0.490 e. The molecule has 7 heteroatoms. The molecule has 7 rings (SSSR count).